The normalized spacial score (nSPS) is 8.65. The predicted molar refractivity (Wildman–Crippen MR) is 464 cm³/mol. The zero-order valence-corrected chi connectivity index (χ0v) is 91.4. The van der Waals surface area contributed by atoms with E-state index >= 15 is 0 Å². The van der Waals surface area contributed by atoms with Crippen molar-refractivity contribution in [3.05, 3.63) is 0 Å². The Morgan fingerprint density at radius 1 is 0.186 bits per heavy atom. The van der Waals surface area contributed by atoms with E-state index in [1.807, 2.05) is 41.5 Å². The monoisotopic (exact) mass is 2040 g/mol. The van der Waals surface area contributed by atoms with E-state index < -0.39 is 99.1 Å². The van der Waals surface area contributed by atoms with Crippen LogP contribution in [0.4, 0.5) is 0 Å². The number of aliphatic hydroxyl groups is 11. The van der Waals surface area contributed by atoms with E-state index in [-0.39, 0.29) is 210 Å². The summed E-state index contributed by atoms with van der Waals surface area (Å²) >= 11 is 0. The number of Topliss-reactive ketones (excluding diaryl/α,β-unsaturated/α-hetero) is 8. The summed E-state index contributed by atoms with van der Waals surface area (Å²) in [7, 11) is 0. The van der Waals surface area contributed by atoms with E-state index in [4.69, 9.17) is 56.2 Å². The van der Waals surface area contributed by atoms with Crippen LogP contribution in [0.1, 0.15) is 411 Å². The molecule has 0 heterocycles. The molecule has 0 atom stereocenters. The summed E-state index contributed by atoms with van der Waals surface area (Å²) in [5.74, 6) is -12.2. The van der Waals surface area contributed by atoms with Gasteiger partial charge in [-0.05, 0) is 161 Å². The standard InChI is InChI=1S/2C8H14O3.2C7H12O3.2C6H10O3.2C5H8O3.4C4H10O.7C3H8O.5Ti/c2*1-2-3-4-5-7(9)6-8(10)11;2*1-2-3-4-6(8)5-7(9)10;2*1-2-3-5(7)4-6(8)9;2*1-2-4(6)3-5(7)8;4*1-2-3-4-5;7*1-3(2)4;;;;;/h2*2-6H2,1H3,(H,10,11);2*2-5H2,1H3,(H,9,10);2*2-4H2,1H3,(H,8,9);2*2-3H2,1H3,(H,7,8);4*5H,2-4H2,1H3;7*3-4H,1-2H3;;;;;/q;;;;;;;;;;;;;;;;;;;;4*+2/p-8. The van der Waals surface area contributed by atoms with Crippen LogP contribution in [0, 0.1) is 0 Å². The number of unbranched alkanes of at least 4 members (excludes halogenated alkanes) is 10. The summed E-state index contributed by atoms with van der Waals surface area (Å²) in [6, 6.07) is 0. The van der Waals surface area contributed by atoms with Gasteiger partial charge in [-0.15, -0.1) is 0 Å². The van der Waals surface area contributed by atoms with Gasteiger partial charge in [0.15, 0.2) is 0 Å². The summed E-state index contributed by atoms with van der Waals surface area (Å²) in [6.45, 7) is 48.5. The van der Waals surface area contributed by atoms with Crippen molar-refractivity contribution in [3.63, 3.8) is 0 Å². The smallest absolute Gasteiger partial charge is 0.550 e. The molecule has 0 aliphatic rings. The average Bonchev–Trinajstić information content (AvgIpc) is 1.06. The number of carboxylic acids is 8. The van der Waals surface area contributed by atoms with E-state index in [0.717, 1.165) is 116 Å². The number of carboxylic acid groups (broad SMARTS) is 8. The molecule has 129 heavy (non-hydrogen) atoms. The largest absolute Gasteiger partial charge is 2.00 e. The van der Waals surface area contributed by atoms with Crippen LogP contribution < -0.4 is 40.9 Å². The predicted octanol–water partition coefficient (Wildman–Crippen LogP) is 3.34. The molecule has 0 rings (SSSR count). The molecule has 0 aliphatic heterocycles. The van der Waals surface area contributed by atoms with Gasteiger partial charge in [0.1, 0.15) is 46.3 Å². The summed E-state index contributed by atoms with van der Waals surface area (Å²) in [5, 5.41) is 167. The van der Waals surface area contributed by atoms with Crippen LogP contribution in [0.25, 0.3) is 0 Å². The van der Waals surface area contributed by atoms with E-state index in [2.05, 4.69) is 27.7 Å². The Kier molecular flexibility index (Phi) is 249. The third-order valence-corrected chi connectivity index (χ3v) is 10.4. The van der Waals surface area contributed by atoms with E-state index in [0.29, 0.717) is 77.8 Å². The molecule has 0 amide bonds. The Morgan fingerprint density at radius 2 is 0.295 bits per heavy atom. The van der Waals surface area contributed by atoms with Crippen LogP contribution in [-0.2, 0) is 185 Å². The first-order valence-corrected chi connectivity index (χ1v) is 43.0. The Hall–Kier alpha value is -3.75. The van der Waals surface area contributed by atoms with Gasteiger partial charge >= 0.3 is 86.9 Å². The Morgan fingerprint density at radius 3 is 0.372 bits per heavy atom. The Labute approximate surface area is 850 Å². The molecule has 0 aliphatic carbocycles. The van der Waals surface area contributed by atoms with Gasteiger partial charge in [-0.25, -0.2) is 0 Å². The van der Waals surface area contributed by atoms with Gasteiger partial charge in [0, 0.05) is 241 Å². The summed E-state index contributed by atoms with van der Waals surface area (Å²) in [4.78, 5) is 162. The van der Waals surface area contributed by atoms with Gasteiger partial charge in [0.2, 0.25) is 0 Å². The Bertz CT molecular complexity index is 2120. The van der Waals surface area contributed by atoms with Crippen molar-refractivity contribution in [2.24, 2.45) is 0 Å². The molecule has 0 aromatic carbocycles. The molecule has 40 heteroatoms. The minimum atomic E-state index is -1.29. The van der Waals surface area contributed by atoms with Crippen LogP contribution in [0.3, 0.4) is 0 Å². The van der Waals surface area contributed by atoms with Crippen molar-refractivity contribution in [3.8, 4) is 0 Å². The number of hydrogen-bond donors (Lipinski definition) is 11. The fraction of sp³-hybridized carbons (Fsp3) is 0.820. The molecule has 0 bridgehead atoms. The minimum absolute atomic E-state index is 0. The van der Waals surface area contributed by atoms with Gasteiger partial charge in [0.25, 0.3) is 0 Å². The molecule has 11 N–H and O–H groups in total. The summed E-state index contributed by atoms with van der Waals surface area (Å²) in [5.41, 5.74) is 0. The van der Waals surface area contributed by atoms with E-state index in [1.165, 1.54) is 0 Å². The van der Waals surface area contributed by atoms with Crippen molar-refractivity contribution < 1.29 is 282 Å². The molecule has 0 radical (unpaired) electrons. The maximum Gasteiger partial charge on any atom is 2.00 e. The third-order valence-electron chi connectivity index (χ3n) is 10.4. The summed E-state index contributed by atoms with van der Waals surface area (Å²) < 4.78 is 0. The Balaban J connectivity index is -0.0000000414. The van der Waals surface area contributed by atoms with Crippen LogP contribution in [0.15, 0.2) is 0 Å². The van der Waals surface area contributed by atoms with E-state index in [9.17, 15) is 118 Å². The number of ketones is 8. The average molecular weight is 2050 g/mol. The van der Waals surface area contributed by atoms with Crippen molar-refractivity contribution >= 4 is 94.0 Å². The fourth-order valence-electron chi connectivity index (χ4n) is 5.15. The maximum atomic E-state index is 10.7. The molecule has 0 saturated heterocycles. The number of aliphatic hydroxyl groups excluding tert-OH is 11. The molecular formula is C89H176O35Ti5. The van der Waals surface area contributed by atoms with Crippen LogP contribution in [0.5, 0.6) is 0 Å². The minimum Gasteiger partial charge on any atom is -0.550 e. The molecule has 0 aromatic heterocycles. The molecule has 0 fully saturated rings. The number of hydrogen-bond acceptors (Lipinski definition) is 35. The topological polar surface area (TPSA) is 680 Å². The molecule has 35 nitrogen and oxygen atoms in total. The number of carbonyl (C=O) groups excluding carboxylic acids is 16. The van der Waals surface area contributed by atoms with Crippen molar-refractivity contribution in [2.45, 2.75) is 454 Å². The summed E-state index contributed by atoms with van der Waals surface area (Å²) in [6.07, 6.45) is 16.6. The molecular weight excluding hydrogens is 1870 g/mol. The molecule has 0 aromatic rings. The molecule has 0 spiro atoms. The van der Waals surface area contributed by atoms with Crippen LogP contribution in [0.2, 0.25) is 0 Å². The van der Waals surface area contributed by atoms with Gasteiger partial charge < -0.3 is 135 Å². The van der Waals surface area contributed by atoms with E-state index in [1.54, 1.807) is 111 Å². The van der Waals surface area contributed by atoms with Crippen molar-refractivity contribution in [1.29, 1.82) is 0 Å². The van der Waals surface area contributed by atoms with Crippen LogP contribution >= 0.6 is 0 Å². The third kappa shape index (κ3) is 450. The second-order valence-electron chi connectivity index (χ2n) is 28.0. The first-order valence-electron chi connectivity index (χ1n) is 43.0. The zero-order chi connectivity index (χ0) is 103. The molecule has 762 valence electrons. The van der Waals surface area contributed by atoms with Crippen molar-refractivity contribution in [2.75, 3.05) is 26.4 Å². The van der Waals surface area contributed by atoms with Crippen LogP contribution in [-0.4, -0.2) is 219 Å². The first kappa shape index (κ1) is 189. The second-order valence-corrected chi connectivity index (χ2v) is 28.0. The first-order chi connectivity index (χ1) is 57.1. The fourth-order valence-corrected chi connectivity index (χ4v) is 5.15. The second kappa shape index (κ2) is 170. The van der Waals surface area contributed by atoms with Gasteiger partial charge in [-0.2, -0.15) is 0 Å². The number of carbonyl (C=O) groups is 16. The number of aliphatic carboxylic acids is 8. The SMILES string of the molecule is CC(C)O.CC(C)O.CC(C)O.CC(C)O.CC(C)O.CC(C)O.CC(C)O.CCC(=O)CC(=O)[O-].CCC(=O)CC(=O)[O-].CCCC(=O)CC(=O)[O-].CCCC(=O)CC(=O)[O-].CCCCC(=O)CC(=O)[O-].CCCCC(=O)CC(=O)[O-].CCCCCC(=O)CC(=O)[O-].CCCCCC(=O)CC(=O)[O-].CCCCO.CCCCO.CCCCO.CCCCO.[Ti+2].[Ti+2].[Ti+2].[Ti+2].[Ti]. The van der Waals surface area contributed by atoms with Gasteiger partial charge in [-0.3, -0.25) is 38.4 Å². The molecule has 0 unspecified atom stereocenters. The maximum absolute atomic E-state index is 10.7. The molecule has 0 saturated carbocycles. The zero-order valence-electron chi connectivity index (χ0n) is 83.5. The quantitative estimate of drug-likeness (QED) is 0.0237. The van der Waals surface area contributed by atoms with Gasteiger partial charge in [0.05, 0.1) is 0 Å². The van der Waals surface area contributed by atoms with Crippen molar-refractivity contribution in [1.82, 2.24) is 0 Å². The number of rotatable bonds is 44. The van der Waals surface area contributed by atoms with Gasteiger partial charge in [-0.1, -0.05) is 147 Å².